The van der Waals surface area contributed by atoms with Crippen LogP contribution < -0.4 is 0 Å². The van der Waals surface area contributed by atoms with Crippen LogP contribution in [0.15, 0.2) is 24.3 Å². The molecule has 0 aliphatic rings. The molecule has 19 heavy (non-hydrogen) atoms. The molecule has 1 aromatic carbocycles. The van der Waals surface area contributed by atoms with Gasteiger partial charge in [0, 0.05) is 7.11 Å². The Morgan fingerprint density at radius 1 is 1.26 bits per heavy atom. The van der Waals surface area contributed by atoms with Crippen LogP contribution >= 0.6 is 0 Å². The van der Waals surface area contributed by atoms with Gasteiger partial charge in [-0.3, -0.25) is 0 Å². The number of esters is 1. The smallest absolute Gasteiger partial charge is 0.339 e. The molecule has 1 N–H and O–H groups in total. The first-order chi connectivity index (χ1) is 8.89. The largest absolute Gasteiger partial charge is 0.467 e. The molecule has 0 amide bonds. The van der Waals surface area contributed by atoms with Crippen molar-refractivity contribution in [1.82, 2.24) is 0 Å². The quantitative estimate of drug-likeness (QED) is 0.802. The number of aryl methyl sites for hydroxylation is 1. The zero-order valence-corrected chi connectivity index (χ0v) is 12.0. The number of methoxy groups -OCH3 is 2. The number of rotatable bonds is 6. The maximum atomic E-state index is 11.2. The van der Waals surface area contributed by atoms with Crippen LogP contribution in [0.1, 0.15) is 37.5 Å². The third-order valence-corrected chi connectivity index (χ3v) is 3.29. The van der Waals surface area contributed by atoms with Gasteiger partial charge in [0.2, 0.25) is 0 Å². The van der Waals surface area contributed by atoms with Crippen LogP contribution in [0.25, 0.3) is 0 Å². The van der Waals surface area contributed by atoms with Gasteiger partial charge in [-0.2, -0.15) is 0 Å². The van der Waals surface area contributed by atoms with E-state index in [4.69, 9.17) is 4.74 Å². The second-order valence-corrected chi connectivity index (χ2v) is 5.13. The molecule has 0 saturated carbocycles. The Kier molecular flexibility index (Phi) is 5.51. The summed E-state index contributed by atoms with van der Waals surface area (Å²) < 4.78 is 9.86. The van der Waals surface area contributed by atoms with Crippen molar-refractivity contribution in [2.24, 2.45) is 0 Å². The molecule has 0 fully saturated rings. The van der Waals surface area contributed by atoms with Gasteiger partial charge in [-0.25, -0.2) is 4.79 Å². The number of benzene rings is 1. The van der Waals surface area contributed by atoms with Gasteiger partial charge in [-0.1, -0.05) is 24.3 Å². The molecule has 0 radical (unpaired) electrons. The summed E-state index contributed by atoms with van der Waals surface area (Å²) in [4.78, 5) is 11.2. The van der Waals surface area contributed by atoms with Crippen LogP contribution in [-0.4, -0.2) is 30.9 Å². The molecule has 1 aromatic rings. The summed E-state index contributed by atoms with van der Waals surface area (Å²) in [5.74, 6) is -0.645. The van der Waals surface area contributed by atoms with Crippen molar-refractivity contribution < 1.29 is 19.4 Å². The minimum atomic E-state index is -1.21. The van der Waals surface area contributed by atoms with Crippen molar-refractivity contribution in [3.63, 3.8) is 0 Å². The Morgan fingerprint density at radius 2 is 1.84 bits per heavy atom. The number of carbonyl (C=O) groups is 1. The van der Waals surface area contributed by atoms with Gasteiger partial charge >= 0.3 is 5.97 Å². The molecule has 0 aromatic heterocycles. The molecular formula is C15H22O4. The van der Waals surface area contributed by atoms with E-state index in [1.165, 1.54) is 7.11 Å². The predicted molar refractivity (Wildman–Crippen MR) is 72.8 cm³/mol. The van der Waals surface area contributed by atoms with Gasteiger partial charge in [-0.15, -0.1) is 0 Å². The molecule has 0 spiro atoms. The molecule has 0 aliphatic carbocycles. The van der Waals surface area contributed by atoms with E-state index in [2.05, 4.69) is 4.74 Å². The first-order valence-electron chi connectivity index (χ1n) is 6.29. The van der Waals surface area contributed by atoms with Gasteiger partial charge < -0.3 is 14.6 Å². The van der Waals surface area contributed by atoms with Crippen molar-refractivity contribution in [2.75, 3.05) is 14.2 Å². The maximum Gasteiger partial charge on any atom is 0.339 e. The number of carbonyl (C=O) groups excluding carboxylic acids is 1. The zero-order valence-electron chi connectivity index (χ0n) is 12.0. The van der Waals surface area contributed by atoms with E-state index in [0.29, 0.717) is 5.56 Å². The van der Waals surface area contributed by atoms with Crippen LogP contribution in [0.4, 0.5) is 0 Å². The molecular weight excluding hydrogens is 244 g/mol. The van der Waals surface area contributed by atoms with Gasteiger partial charge in [0.25, 0.3) is 0 Å². The third kappa shape index (κ3) is 4.65. The molecule has 4 heteroatoms. The summed E-state index contributed by atoms with van der Waals surface area (Å²) in [6, 6.07) is 7.31. The van der Waals surface area contributed by atoms with Crippen molar-refractivity contribution >= 4 is 5.97 Å². The average molecular weight is 266 g/mol. The first-order valence-corrected chi connectivity index (χ1v) is 6.29. The summed E-state index contributed by atoms with van der Waals surface area (Å²) >= 11 is 0. The number of hydrogen-bond donors (Lipinski definition) is 1. The van der Waals surface area contributed by atoms with Crippen LogP contribution in [0.2, 0.25) is 0 Å². The van der Waals surface area contributed by atoms with Crippen LogP contribution in [0, 0.1) is 0 Å². The fraction of sp³-hybridized carbons (Fsp3) is 0.533. The molecule has 0 saturated heterocycles. The van der Waals surface area contributed by atoms with Crippen LogP contribution in [0.3, 0.4) is 0 Å². The third-order valence-electron chi connectivity index (χ3n) is 3.29. The van der Waals surface area contributed by atoms with E-state index in [9.17, 15) is 9.90 Å². The van der Waals surface area contributed by atoms with E-state index in [0.717, 1.165) is 18.4 Å². The summed E-state index contributed by atoms with van der Waals surface area (Å²) in [7, 11) is 2.96. The summed E-state index contributed by atoms with van der Waals surface area (Å²) in [6.45, 7) is 4.09. The van der Waals surface area contributed by atoms with E-state index >= 15 is 0 Å². The highest BCUT2D eigenvalue weighted by Crippen LogP contribution is 2.19. The molecule has 0 aliphatic heterocycles. The minimum absolute atomic E-state index is 0.149. The molecule has 1 rings (SSSR count). The lowest BCUT2D eigenvalue weighted by Crippen LogP contribution is -2.23. The molecule has 106 valence electrons. The summed E-state index contributed by atoms with van der Waals surface area (Å²) in [6.07, 6.45) is 0.576. The monoisotopic (exact) mass is 266 g/mol. The van der Waals surface area contributed by atoms with Gasteiger partial charge in [0.05, 0.1) is 12.7 Å². The average Bonchev–Trinajstić information content (AvgIpc) is 2.44. The lowest BCUT2D eigenvalue weighted by molar-refractivity contribution is -0.150. The van der Waals surface area contributed by atoms with Crippen molar-refractivity contribution in [3.8, 4) is 0 Å². The molecule has 1 atom stereocenters. The fourth-order valence-corrected chi connectivity index (χ4v) is 1.66. The second-order valence-electron chi connectivity index (χ2n) is 5.13. The van der Waals surface area contributed by atoms with E-state index in [1.54, 1.807) is 19.2 Å². The lowest BCUT2D eigenvalue weighted by Gasteiger charge is -2.22. The number of aliphatic hydroxyl groups is 1. The molecule has 0 bridgehead atoms. The maximum absolute atomic E-state index is 11.2. The Balaban J connectivity index is 2.64. The Bertz CT molecular complexity index is 409. The highest BCUT2D eigenvalue weighted by atomic mass is 16.5. The Labute approximate surface area is 114 Å². The summed E-state index contributed by atoms with van der Waals surface area (Å²) in [5, 5.41) is 9.68. The highest BCUT2D eigenvalue weighted by Gasteiger charge is 2.18. The van der Waals surface area contributed by atoms with E-state index in [-0.39, 0.29) is 5.60 Å². The number of aliphatic hydroxyl groups excluding tert-OH is 1. The lowest BCUT2D eigenvalue weighted by atomic mass is 9.97. The normalized spacial score (nSPS) is 13.1. The van der Waals surface area contributed by atoms with Crippen molar-refractivity contribution in [1.29, 1.82) is 0 Å². The summed E-state index contributed by atoms with van der Waals surface area (Å²) in [5.41, 5.74) is 1.54. The Morgan fingerprint density at radius 3 is 2.32 bits per heavy atom. The van der Waals surface area contributed by atoms with Gasteiger partial charge in [-0.05, 0) is 37.8 Å². The predicted octanol–water partition coefficient (Wildman–Crippen LogP) is 2.25. The molecule has 1 unspecified atom stereocenters. The van der Waals surface area contributed by atoms with Gasteiger partial charge in [0.1, 0.15) is 0 Å². The van der Waals surface area contributed by atoms with Crippen LogP contribution in [0.5, 0.6) is 0 Å². The zero-order chi connectivity index (χ0) is 14.5. The standard InChI is InChI=1S/C15H22O4/c1-15(2,19-4)10-9-11-5-7-12(8-6-11)13(16)14(17)18-3/h5-8,13,16H,9-10H2,1-4H3. The fourth-order valence-electron chi connectivity index (χ4n) is 1.66. The highest BCUT2D eigenvalue weighted by molar-refractivity contribution is 5.76. The first kappa shape index (κ1) is 15.7. The number of hydrogen-bond acceptors (Lipinski definition) is 4. The van der Waals surface area contributed by atoms with Crippen molar-refractivity contribution in [3.05, 3.63) is 35.4 Å². The van der Waals surface area contributed by atoms with Gasteiger partial charge in [0.15, 0.2) is 6.10 Å². The second kappa shape index (κ2) is 6.68. The SMILES string of the molecule is COC(=O)C(O)c1ccc(CCC(C)(C)OC)cc1. The molecule has 0 heterocycles. The van der Waals surface area contributed by atoms with E-state index < -0.39 is 12.1 Å². The number of ether oxygens (including phenoxy) is 2. The van der Waals surface area contributed by atoms with E-state index in [1.807, 2.05) is 26.0 Å². The minimum Gasteiger partial charge on any atom is -0.467 e. The van der Waals surface area contributed by atoms with Crippen molar-refractivity contribution in [2.45, 2.75) is 38.4 Å². The topological polar surface area (TPSA) is 55.8 Å². The van der Waals surface area contributed by atoms with Crippen LogP contribution in [-0.2, 0) is 20.7 Å². The molecule has 4 nitrogen and oxygen atoms in total. The Hall–Kier alpha value is -1.39.